The number of hydrogen-bond donors (Lipinski definition) is 1. The molecule has 2 heterocycles. The molecule has 0 amide bonds. The number of likely N-dealkylation sites (tertiary alicyclic amines) is 1. The first-order valence-corrected chi connectivity index (χ1v) is 8.58. The number of piperidine rings is 1. The summed E-state index contributed by atoms with van der Waals surface area (Å²) in [6.45, 7) is 2.31. The van der Waals surface area contributed by atoms with Crippen molar-refractivity contribution < 1.29 is 9.53 Å². The van der Waals surface area contributed by atoms with Crippen molar-refractivity contribution in [2.45, 2.75) is 25.8 Å². The second-order valence-electron chi connectivity index (χ2n) is 6.41. The number of ether oxygens (including phenoxy) is 1. The van der Waals surface area contributed by atoms with Gasteiger partial charge in [0.2, 0.25) is 0 Å². The zero-order valence-corrected chi connectivity index (χ0v) is 14.4. The summed E-state index contributed by atoms with van der Waals surface area (Å²) in [4.78, 5) is 33.3. The van der Waals surface area contributed by atoms with Gasteiger partial charge in [-0.2, -0.15) is 0 Å². The van der Waals surface area contributed by atoms with Gasteiger partial charge in [-0.3, -0.25) is 19.5 Å². The summed E-state index contributed by atoms with van der Waals surface area (Å²) < 4.78 is 5.28. The van der Waals surface area contributed by atoms with Crippen LogP contribution in [0.1, 0.15) is 35.3 Å². The van der Waals surface area contributed by atoms with Crippen molar-refractivity contribution in [2.75, 3.05) is 20.2 Å². The van der Waals surface area contributed by atoms with E-state index in [0.717, 1.165) is 25.9 Å². The Kier molecular flexibility index (Phi) is 5.60. The third-order valence-electron chi connectivity index (χ3n) is 4.74. The maximum absolute atomic E-state index is 12.6. The summed E-state index contributed by atoms with van der Waals surface area (Å²) in [5, 5.41) is 0. The molecule has 132 valence electrons. The number of nitrogens with one attached hydrogen (secondary N) is 1. The molecule has 1 aliphatic heterocycles. The van der Waals surface area contributed by atoms with E-state index in [-0.39, 0.29) is 11.3 Å². The summed E-state index contributed by atoms with van der Waals surface area (Å²) in [5.41, 5.74) is 1.08. The highest BCUT2D eigenvalue weighted by Gasteiger charge is 2.23. The Balaban J connectivity index is 1.53. The Morgan fingerprint density at radius 2 is 2.08 bits per heavy atom. The van der Waals surface area contributed by atoms with Crippen LogP contribution in [0.15, 0.2) is 41.5 Å². The third-order valence-corrected chi connectivity index (χ3v) is 4.74. The van der Waals surface area contributed by atoms with Crippen LogP contribution in [0.2, 0.25) is 0 Å². The van der Waals surface area contributed by atoms with E-state index in [9.17, 15) is 9.59 Å². The predicted octanol–water partition coefficient (Wildman–Crippen LogP) is 2.26. The van der Waals surface area contributed by atoms with Crippen LogP contribution in [-0.2, 0) is 6.54 Å². The van der Waals surface area contributed by atoms with E-state index in [1.807, 2.05) is 24.3 Å². The van der Waals surface area contributed by atoms with Gasteiger partial charge in [0.25, 0.3) is 5.56 Å². The monoisotopic (exact) mass is 341 g/mol. The third kappa shape index (κ3) is 4.33. The number of para-hydroxylation sites is 1. The molecule has 1 fully saturated rings. The molecule has 1 aliphatic rings. The quantitative estimate of drug-likeness (QED) is 0.816. The number of aromatic amines is 1. The van der Waals surface area contributed by atoms with Gasteiger partial charge in [0.05, 0.1) is 12.7 Å². The zero-order valence-electron chi connectivity index (χ0n) is 14.4. The minimum atomic E-state index is -0.129. The molecule has 1 aromatic carbocycles. The first kappa shape index (κ1) is 17.4. The molecule has 0 radical (unpaired) electrons. The molecule has 0 bridgehead atoms. The SMILES string of the molecule is COc1ccccc1C(=O)CC1CCN(Cc2ncc[nH]c2=O)CC1. The normalized spacial score (nSPS) is 15.9. The molecule has 0 saturated carbocycles. The average molecular weight is 341 g/mol. The Hall–Kier alpha value is -2.47. The van der Waals surface area contributed by atoms with Gasteiger partial charge in [0.15, 0.2) is 5.78 Å². The first-order valence-electron chi connectivity index (χ1n) is 8.58. The van der Waals surface area contributed by atoms with Gasteiger partial charge in [0, 0.05) is 25.4 Å². The van der Waals surface area contributed by atoms with E-state index in [0.29, 0.717) is 35.9 Å². The molecule has 2 aromatic rings. The second-order valence-corrected chi connectivity index (χ2v) is 6.41. The summed E-state index contributed by atoms with van der Waals surface area (Å²) in [6.07, 6.45) is 5.59. The van der Waals surface area contributed by atoms with Crippen molar-refractivity contribution in [3.63, 3.8) is 0 Å². The highest BCUT2D eigenvalue weighted by molar-refractivity contribution is 5.98. The summed E-state index contributed by atoms with van der Waals surface area (Å²) >= 11 is 0. The van der Waals surface area contributed by atoms with E-state index in [1.54, 1.807) is 19.5 Å². The van der Waals surface area contributed by atoms with Crippen molar-refractivity contribution in [3.8, 4) is 5.75 Å². The smallest absolute Gasteiger partial charge is 0.270 e. The molecule has 3 rings (SSSR count). The number of H-pyrrole nitrogens is 1. The Labute approximate surface area is 146 Å². The number of Topliss-reactive ketones (excluding diaryl/α,β-unsaturated/α-hetero) is 1. The predicted molar refractivity (Wildman–Crippen MR) is 94.8 cm³/mol. The number of carbonyl (C=O) groups is 1. The highest BCUT2D eigenvalue weighted by Crippen LogP contribution is 2.26. The van der Waals surface area contributed by atoms with E-state index < -0.39 is 0 Å². The second kappa shape index (κ2) is 8.07. The van der Waals surface area contributed by atoms with E-state index >= 15 is 0 Å². The van der Waals surface area contributed by atoms with Gasteiger partial charge in [-0.25, -0.2) is 0 Å². The lowest BCUT2D eigenvalue weighted by Gasteiger charge is -2.31. The number of hydrogen-bond acceptors (Lipinski definition) is 5. The van der Waals surface area contributed by atoms with Gasteiger partial charge >= 0.3 is 0 Å². The number of rotatable bonds is 6. The van der Waals surface area contributed by atoms with Crippen molar-refractivity contribution in [1.29, 1.82) is 0 Å². The number of ketones is 1. The number of methoxy groups -OCH3 is 1. The standard InChI is InChI=1S/C19H23N3O3/c1-25-18-5-3-2-4-15(18)17(23)12-14-6-10-22(11-7-14)13-16-19(24)21-9-8-20-16/h2-5,8-9,14H,6-7,10-13H2,1H3,(H,21,24). The van der Waals surface area contributed by atoms with Crippen molar-refractivity contribution >= 4 is 5.78 Å². The van der Waals surface area contributed by atoms with Crippen molar-refractivity contribution in [3.05, 3.63) is 58.3 Å². The van der Waals surface area contributed by atoms with Gasteiger partial charge < -0.3 is 9.72 Å². The van der Waals surface area contributed by atoms with Crippen LogP contribution in [0.3, 0.4) is 0 Å². The molecule has 1 aromatic heterocycles. The first-order chi connectivity index (χ1) is 12.2. The lowest BCUT2D eigenvalue weighted by atomic mass is 9.89. The van der Waals surface area contributed by atoms with Gasteiger partial charge in [0.1, 0.15) is 11.4 Å². The molecule has 1 N–H and O–H groups in total. The summed E-state index contributed by atoms with van der Waals surface area (Å²) in [7, 11) is 1.59. The molecule has 0 spiro atoms. The largest absolute Gasteiger partial charge is 0.496 e. The number of benzene rings is 1. The maximum atomic E-state index is 12.6. The Morgan fingerprint density at radius 3 is 2.80 bits per heavy atom. The highest BCUT2D eigenvalue weighted by atomic mass is 16.5. The van der Waals surface area contributed by atoms with Crippen LogP contribution < -0.4 is 10.3 Å². The molecular formula is C19H23N3O3. The fourth-order valence-corrected chi connectivity index (χ4v) is 3.30. The topological polar surface area (TPSA) is 75.3 Å². The molecule has 0 aliphatic carbocycles. The Morgan fingerprint density at radius 1 is 1.32 bits per heavy atom. The summed E-state index contributed by atoms with van der Waals surface area (Å²) in [5.74, 6) is 1.15. The fourth-order valence-electron chi connectivity index (χ4n) is 3.30. The van der Waals surface area contributed by atoms with E-state index in [2.05, 4.69) is 14.9 Å². The number of aromatic nitrogens is 2. The van der Waals surface area contributed by atoms with Gasteiger partial charge in [-0.15, -0.1) is 0 Å². The van der Waals surface area contributed by atoms with Crippen LogP contribution in [0.5, 0.6) is 5.75 Å². The Bertz CT molecular complexity index is 779. The lowest BCUT2D eigenvalue weighted by Crippen LogP contribution is -2.35. The van der Waals surface area contributed by atoms with Crippen LogP contribution in [-0.4, -0.2) is 40.9 Å². The van der Waals surface area contributed by atoms with Gasteiger partial charge in [-0.05, 0) is 44.0 Å². The zero-order chi connectivity index (χ0) is 17.6. The van der Waals surface area contributed by atoms with Crippen molar-refractivity contribution in [1.82, 2.24) is 14.9 Å². The minimum Gasteiger partial charge on any atom is -0.496 e. The number of nitrogens with zero attached hydrogens (tertiary/aromatic N) is 2. The average Bonchev–Trinajstić information content (AvgIpc) is 2.65. The summed E-state index contributed by atoms with van der Waals surface area (Å²) in [6, 6.07) is 7.38. The fraction of sp³-hybridized carbons (Fsp3) is 0.421. The van der Waals surface area contributed by atoms with E-state index in [1.165, 1.54) is 0 Å². The molecule has 1 saturated heterocycles. The van der Waals surface area contributed by atoms with Crippen LogP contribution in [0, 0.1) is 5.92 Å². The maximum Gasteiger partial charge on any atom is 0.270 e. The van der Waals surface area contributed by atoms with E-state index in [4.69, 9.17) is 4.74 Å². The molecule has 6 nitrogen and oxygen atoms in total. The molecule has 6 heteroatoms. The van der Waals surface area contributed by atoms with Crippen LogP contribution in [0.4, 0.5) is 0 Å². The lowest BCUT2D eigenvalue weighted by molar-refractivity contribution is 0.0921. The molecule has 0 atom stereocenters. The van der Waals surface area contributed by atoms with Crippen LogP contribution >= 0.6 is 0 Å². The van der Waals surface area contributed by atoms with Gasteiger partial charge in [-0.1, -0.05) is 12.1 Å². The van der Waals surface area contributed by atoms with Crippen molar-refractivity contribution in [2.24, 2.45) is 5.92 Å². The molecule has 0 unspecified atom stereocenters. The number of carbonyl (C=O) groups excluding carboxylic acids is 1. The molecule has 25 heavy (non-hydrogen) atoms. The minimum absolute atomic E-state index is 0.129. The van der Waals surface area contributed by atoms with Crippen LogP contribution in [0.25, 0.3) is 0 Å². The molecular weight excluding hydrogens is 318 g/mol.